The third-order valence-electron chi connectivity index (χ3n) is 5.97. The Bertz CT molecular complexity index is 1340. The lowest BCUT2D eigenvalue weighted by Gasteiger charge is -2.25. The van der Waals surface area contributed by atoms with Crippen molar-refractivity contribution in [2.75, 3.05) is 12.0 Å². The molecule has 0 spiro atoms. The van der Waals surface area contributed by atoms with E-state index in [9.17, 15) is 19.5 Å². The molecule has 0 radical (unpaired) electrons. The van der Waals surface area contributed by atoms with Gasteiger partial charge in [-0.2, -0.15) is 0 Å². The van der Waals surface area contributed by atoms with E-state index in [-0.39, 0.29) is 17.4 Å². The minimum absolute atomic E-state index is 0.0113. The van der Waals surface area contributed by atoms with Crippen LogP contribution in [-0.4, -0.2) is 36.0 Å². The van der Waals surface area contributed by atoms with Crippen LogP contribution in [0.2, 0.25) is 0 Å². The Morgan fingerprint density at radius 1 is 0.972 bits per heavy atom. The van der Waals surface area contributed by atoms with Gasteiger partial charge < -0.3 is 14.6 Å². The summed E-state index contributed by atoms with van der Waals surface area (Å²) in [5.41, 5.74) is 2.52. The number of ether oxygens (including phenoxy) is 2. The standard InChI is InChI=1S/C29H27NO6/c1-17(2)36-29(34)20-10-12-21(13-11-20)30-25(19-8-6-5-7-9-19)24(27(32)28(30)33)26(31)23-15-14-22(35-4)16-18(23)3/h5-17,25,31H,1-4H3/b26-24-. The fourth-order valence-electron chi connectivity index (χ4n) is 4.26. The Morgan fingerprint density at radius 2 is 1.64 bits per heavy atom. The fourth-order valence-corrected chi connectivity index (χ4v) is 4.26. The van der Waals surface area contributed by atoms with Gasteiger partial charge in [0.1, 0.15) is 11.5 Å². The first kappa shape index (κ1) is 24.7. The SMILES string of the molecule is COc1ccc(/C(O)=C2/C(=O)C(=O)N(c3ccc(C(=O)OC(C)C)cc3)C2c2ccccc2)c(C)c1. The van der Waals surface area contributed by atoms with E-state index in [0.717, 1.165) is 0 Å². The molecule has 184 valence electrons. The Labute approximate surface area is 209 Å². The zero-order valence-corrected chi connectivity index (χ0v) is 20.5. The molecule has 1 fully saturated rings. The number of aliphatic hydroxyl groups is 1. The van der Waals surface area contributed by atoms with Crippen LogP contribution in [0.5, 0.6) is 5.75 Å². The van der Waals surface area contributed by atoms with Crippen molar-refractivity contribution in [3.63, 3.8) is 0 Å². The number of esters is 1. The van der Waals surface area contributed by atoms with Crippen molar-refractivity contribution in [2.24, 2.45) is 0 Å². The molecule has 1 amide bonds. The number of amides is 1. The highest BCUT2D eigenvalue weighted by atomic mass is 16.5. The number of carbonyl (C=O) groups is 3. The fraction of sp³-hybridized carbons (Fsp3) is 0.207. The molecular formula is C29H27NO6. The second-order valence-electron chi connectivity index (χ2n) is 8.76. The van der Waals surface area contributed by atoms with Crippen molar-refractivity contribution in [3.05, 3.63) is 101 Å². The topological polar surface area (TPSA) is 93.1 Å². The van der Waals surface area contributed by atoms with Gasteiger partial charge in [0.25, 0.3) is 11.7 Å². The van der Waals surface area contributed by atoms with Crippen LogP contribution in [-0.2, 0) is 14.3 Å². The molecule has 1 saturated heterocycles. The molecule has 0 aliphatic carbocycles. The van der Waals surface area contributed by atoms with Crippen LogP contribution in [0.3, 0.4) is 0 Å². The molecule has 1 atom stereocenters. The Kier molecular flexibility index (Phi) is 6.92. The van der Waals surface area contributed by atoms with Gasteiger partial charge >= 0.3 is 5.97 Å². The molecule has 3 aromatic rings. The van der Waals surface area contributed by atoms with E-state index in [1.54, 1.807) is 94.6 Å². The number of aryl methyl sites for hydroxylation is 1. The predicted octanol–water partition coefficient (Wildman–Crippen LogP) is 5.20. The number of rotatable bonds is 6. The number of ketones is 1. The zero-order chi connectivity index (χ0) is 26.0. The first-order chi connectivity index (χ1) is 17.2. The molecule has 0 aromatic heterocycles. The summed E-state index contributed by atoms with van der Waals surface area (Å²) in [6.45, 7) is 5.31. The molecule has 36 heavy (non-hydrogen) atoms. The quantitative estimate of drug-likeness (QED) is 0.223. The Hall–Kier alpha value is -4.39. The number of aliphatic hydroxyl groups excluding tert-OH is 1. The summed E-state index contributed by atoms with van der Waals surface area (Å²) in [5, 5.41) is 11.3. The number of carbonyl (C=O) groups excluding carboxylic acids is 3. The average molecular weight is 486 g/mol. The van der Waals surface area contributed by atoms with Gasteiger partial charge in [0, 0.05) is 11.3 Å². The lowest BCUT2D eigenvalue weighted by molar-refractivity contribution is -0.132. The van der Waals surface area contributed by atoms with Crippen LogP contribution < -0.4 is 9.64 Å². The number of benzene rings is 3. The summed E-state index contributed by atoms with van der Waals surface area (Å²) in [6, 6.07) is 19.6. The monoisotopic (exact) mass is 485 g/mol. The van der Waals surface area contributed by atoms with Gasteiger partial charge in [0.05, 0.1) is 30.4 Å². The number of hydrogen-bond donors (Lipinski definition) is 1. The van der Waals surface area contributed by atoms with E-state index >= 15 is 0 Å². The Balaban J connectivity index is 1.84. The first-order valence-electron chi connectivity index (χ1n) is 11.5. The summed E-state index contributed by atoms with van der Waals surface area (Å²) in [4.78, 5) is 40.2. The van der Waals surface area contributed by atoms with Crippen molar-refractivity contribution in [1.82, 2.24) is 0 Å². The maximum absolute atomic E-state index is 13.3. The highest BCUT2D eigenvalue weighted by molar-refractivity contribution is 6.51. The molecule has 7 nitrogen and oxygen atoms in total. The van der Waals surface area contributed by atoms with Crippen LogP contribution in [0.4, 0.5) is 5.69 Å². The lowest BCUT2D eigenvalue weighted by atomic mass is 9.93. The first-order valence-corrected chi connectivity index (χ1v) is 11.5. The van der Waals surface area contributed by atoms with Crippen LogP contribution in [0.25, 0.3) is 5.76 Å². The molecule has 7 heteroatoms. The molecule has 0 bridgehead atoms. The van der Waals surface area contributed by atoms with Crippen molar-refractivity contribution >= 4 is 29.1 Å². The van der Waals surface area contributed by atoms with Gasteiger partial charge in [-0.15, -0.1) is 0 Å². The molecular weight excluding hydrogens is 458 g/mol. The van der Waals surface area contributed by atoms with E-state index in [1.165, 1.54) is 4.90 Å². The second-order valence-corrected chi connectivity index (χ2v) is 8.76. The van der Waals surface area contributed by atoms with E-state index < -0.39 is 23.7 Å². The summed E-state index contributed by atoms with van der Waals surface area (Å²) in [6.07, 6.45) is -0.269. The highest BCUT2D eigenvalue weighted by Gasteiger charge is 2.47. The minimum atomic E-state index is -0.860. The molecule has 1 aliphatic rings. The van der Waals surface area contributed by atoms with Crippen molar-refractivity contribution in [2.45, 2.75) is 32.9 Å². The lowest BCUT2D eigenvalue weighted by Crippen LogP contribution is -2.29. The molecule has 3 aromatic carbocycles. The van der Waals surface area contributed by atoms with E-state index in [0.29, 0.717) is 33.7 Å². The van der Waals surface area contributed by atoms with Gasteiger partial charge in [-0.05, 0) is 74.4 Å². The maximum Gasteiger partial charge on any atom is 0.338 e. The third-order valence-corrected chi connectivity index (χ3v) is 5.97. The molecule has 4 rings (SSSR count). The molecule has 1 N–H and O–H groups in total. The van der Waals surface area contributed by atoms with E-state index in [2.05, 4.69) is 0 Å². The van der Waals surface area contributed by atoms with Gasteiger partial charge in [-0.3, -0.25) is 14.5 Å². The number of methoxy groups -OCH3 is 1. The number of hydrogen-bond acceptors (Lipinski definition) is 6. The molecule has 0 saturated carbocycles. The number of anilines is 1. The van der Waals surface area contributed by atoms with Crippen LogP contribution >= 0.6 is 0 Å². The second kappa shape index (κ2) is 10.1. The third kappa shape index (κ3) is 4.60. The van der Waals surface area contributed by atoms with Crippen molar-refractivity contribution in [3.8, 4) is 5.75 Å². The van der Waals surface area contributed by atoms with Crippen molar-refractivity contribution < 1.29 is 29.0 Å². The van der Waals surface area contributed by atoms with Crippen molar-refractivity contribution in [1.29, 1.82) is 0 Å². The largest absolute Gasteiger partial charge is 0.507 e. The predicted molar refractivity (Wildman–Crippen MR) is 136 cm³/mol. The summed E-state index contributed by atoms with van der Waals surface area (Å²) < 4.78 is 10.5. The normalized spacial score (nSPS) is 16.9. The van der Waals surface area contributed by atoms with E-state index in [1.807, 2.05) is 6.07 Å². The number of Topliss-reactive ketones (excluding diaryl/α,β-unsaturated/α-hetero) is 1. The van der Waals surface area contributed by atoms with Gasteiger partial charge in [0.15, 0.2) is 0 Å². The average Bonchev–Trinajstić information content (AvgIpc) is 3.14. The van der Waals surface area contributed by atoms with Gasteiger partial charge in [-0.1, -0.05) is 30.3 Å². The minimum Gasteiger partial charge on any atom is -0.507 e. The van der Waals surface area contributed by atoms with Gasteiger partial charge in [0.2, 0.25) is 0 Å². The van der Waals surface area contributed by atoms with E-state index in [4.69, 9.17) is 9.47 Å². The molecule has 1 heterocycles. The molecule has 1 aliphatic heterocycles. The smallest absolute Gasteiger partial charge is 0.338 e. The maximum atomic E-state index is 13.3. The summed E-state index contributed by atoms with van der Waals surface area (Å²) >= 11 is 0. The van der Waals surface area contributed by atoms with Crippen LogP contribution in [0.1, 0.15) is 46.9 Å². The number of nitrogens with zero attached hydrogens (tertiary/aromatic N) is 1. The zero-order valence-electron chi connectivity index (χ0n) is 20.5. The summed E-state index contributed by atoms with van der Waals surface area (Å²) in [5.74, 6) is -1.69. The van der Waals surface area contributed by atoms with Crippen LogP contribution in [0, 0.1) is 6.92 Å². The summed E-state index contributed by atoms with van der Waals surface area (Å²) in [7, 11) is 1.54. The highest BCUT2D eigenvalue weighted by Crippen LogP contribution is 2.42. The Morgan fingerprint density at radius 3 is 2.22 bits per heavy atom. The molecule has 1 unspecified atom stereocenters. The van der Waals surface area contributed by atoms with Crippen LogP contribution in [0.15, 0.2) is 78.4 Å². The van der Waals surface area contributed by atoms with Gasteiger partial charge in [-0.25, -0.2) is 4.79 Å².